The van der Waals surface area contributed by atoms with Crippen molar-refractivity contribution >= 4 is 29.0 Å². The average molecular weight is 441 g/mol. The molecule has 10 heteroatoms. The Morgan fingerprint density at radius 2 is 2.17 bits per heavy atom. The number of hydrogen-bond acceptors (Lipinski definition) is 6. The van der Waals surface area contributed by atoms with Crippen molar-refractivity contribution in [3.63, 3.8) is 0 Å². The molecule has 0 bridgehead atoms. The molecule has 6 nitrogen and oxygen atoms in total. The number of amides is 1. The van der Waals surface area contributed by atoms with Gasteiger partial charge in [0.25, 0.3) is 5.91 Å². The third-order valence-corrected chi connectivity index (χ3v) is 5.64. The molecule has 1 atom stereocenters. The highest BCUT2D eigenvalue weighted by atomic mass is 32.1. The first-order chi connectivity index (χ1) is 14.3. The highest BCUT2D eigenvalue weighted by molar-refractivity contribution is 7.07. The molecule has 30 heavy (non-hydrogen) atoms. The number of rotatable bonds is 6. The molecular formula is C20H22F3N3O3S. The van der Waals surface area contributed by atoms with Crippen LogP contribution in [0.4, 0.5) is 19.0 Å². The fourth-order valence-corrected chi connectivity index (χ4v) is 4.00. The number of aromatic nitrogens is 1. The van der Waals surface area contributed by atoms with Gasteiger partial charge in [0.15, 0.2) is 6.61 Å². The zero-order chi connectivity index (χ0) is 21.7. The predicted molar refractivity (Wildman–Crippen MR) is 106 cm³/mol. The molecule has 0 aromatic carbocycles. The van der Waals surface area contributed by atoms with E-state index in [-0.39, 0.29) is 18.3 Å². The van der Waals surface area contributed by atoms with Crippen LogP contribution in [0.25, 0.3) is 0 Å². The number of carbonyl (C=O) groups is 2. The maximum Gasteiger partial charge on any atom is 0.419 e. The molecule has 0 N–H and O–H groups in total. The Hall–Kier alpha value is -2.62. The molecule has 1 unspecified atom stereocenters. The van der Waals surface area contributed by atoms with Crippen molar-refractivity contribution in [2.24, 2.45) is 5.92 Å². The molecule has 1 saturated heterocycles. The van der Waals surface area contributed by atoms with Gasteiger partial charge in [0.05, 0.1) is 11.5 Å². The number of halogens is 3. The summed E-state index contributed by atoms with van der Waals surface area (Å²) in [5, 5.41) is 3.84. The lowest BCUT2D eigenvalue weighted by Crippen LogP contribution is -2.41. The van der Waals surface area contributed by atoms with Gasteiger partial charge in [-0.15, -0.1) is 0 Å². The molecule has 3 rings (SSSR count). The molecule has 0 aliphatic carbocycles. The third kappa shape index (κ3) is 5.50. The third-order valence-electron chi connectivity index (χ3n) is 4.91. The van der Waals surface area contributed by atoms with Crippen molar-refractivity contribution in [2.75, 3.05) is 31.6 Å². The summed E-state index contributed by atoms with van der Waals surface area (Å²) in [4.78, 5) is 31.5. The molecule has 0 radical (unpaired) electrons. The SMILES string of the molecule is CN(Cc1ccsc1)C(=O)COC(=O)C1CCCN(c2ncccc2C(F)(F)F)C1. The van der Waals surface area contributed by atoms with E-state index >= 15 is 0 Å². The number of piperidine rings is 1. The topological polar surface area (TPSA) is 62.7 Å². The lowest BCUT2D eigenvalue weighted by Gasteiger charge is -2.33. The largest absolute Gasteiger partial charge is 0.455 e. The van der Waals surface area contributed by atoms with E-state index in [2.05, 4.69) is 4.98 Å². The smallest absolute Gasteiger partial charge is 0.419 e. The van der Waals surface area contributed by atoms with Gasteiger partial charge in [-0.3, -0.25) is 9.59 Å². The van der Waals surface area contributed by atoms with Crippen LogP contribution in [-0.4, -0.2) is 48.5 Å². The van der Waals surface area contributed by atoms with Gasteiger partial charge >= 0.3 is 12.1 Å². The van der Waals surface area contributed by atoms with Gasteiger partial charge < -0.3 is 14.5 Å². The number of alkyl halides is 3. The number of esters is 1. The van der Waals surface area contributed by atoms with E-state index in [1.807, 2.05) is 16.8 Å². The summed E-state index contributed by atoms with van der Waals surface area (Å²) >= 11 is 1.53. The summed E-state index contributed by atoms with van der Waals surface area (Å²) in [5.74, 6) is -1.72. The molecular weight excluding hydrogens is 419 g/mol. The van der Waals surface area contributed by atoms with Crippen LogP contribution in [0.1, 0.15) is 24.0 Å². The number of thiophene rings is 1. The lowest BCUT2D eigenvalue weighted by molar-refractivity contribution is -0.155. The Balaban J connectivity index is 1.57. The molecule has 1 aliphatic heterocycles. The minimum atomic E-state index is -4.53. The summed E-state index contributed by atoms with van der Waals surface area (Å²) < 4.78 is 45.0. The fourth-order valence-electron chi connectivity index (χ4n) is 3.34. The van der Waals surface area contributed by atoms with Crippen LogP contribution in [-0.2, 0) is 27.0 Å². The van der Waals surface area contributed by atoms with E-state index in [4.69, 9.17) is 4.74 Å². The van der Waals surface area contributed by atoms with Crippen LogP contribution in [0.15, 0.2) is 35.2 Å². The van der Waals surface area contributed by atoms with Crippen LogP contribution in [0.5, 0.6) is 0 Å². The monoisotopic (exact) mass is 441 g/mol. The first-order valence-electron chi connectivity index (χ1n) is 9.44. The standard InChI is InChI=1S/C20H22F3N3O3S/c1-25(10-14-6-9-30-13-14)17(27)12-29-19(28)15-4-3-8-26(11-15)18-16(20(21,22)23)5-2-7-24-18/h2,5-7,9,13,15H,3-4,8,10-12H2,1H3. The second-order valence-electron chi connectivity index (χ2n) is 7.15. The zero-order valence-electron chi connectivity index (χ0n) is 16.4. The zero-order valence-corrected chi connectivity index (χ0v) is 17.2. The molecule has 1 fully saturated rings. The molecule has 1 amide bonds. The molecule has 3 heterocycles. The normalized spacial score (nSPS) is 16.9. The maximum atomic E-state index is 13.3. The number of anilines is 1. The Morgan fingerprint density at radius 1 is 1.37 bits per heavy atom. The van der Waals surface area contributed by atoms with E-state index in [9.17, 15) is 22.8 Å². The van der Waals surface area contributed by atoms with E-state index < -0.39 is 30.2 Å². The minimum Gasteiger partial charge on any atom is -0.455 e. The predicted octanol–water partition coefficient (Wildman–Crippen LogP) is 3.58. The van der Waals surface area contributed by atoms with Crippen LogP contribution in [0, 0.1) is 5.92 Å². The van der Waals surface area contributed by atoms with Gasteiger partial charge in [0.2, 0.25) is 0 Å². The molecule has 0 spiro atoms. The molecule has 162 valence electrons. The lowest BCUT2D eigenvalue weighted by atomic mass is 9.98. The summed E-state index contributed by atoms with van der Waals surface area (Å²) in [6, 6.07) is 4.12. The number of pyridine rings is 1. The average Bonchev–Trinajstić information content (AvgIpc) is 3.24. The van der Waals surface area contributed by atoms with Crippen molar-refractivity contribution in [1.82, 2.24) is 9.88 Å². The van der Waals surface area contributed by atoms with Crippen LogP contribution in [0.2, 0.25) is 0 Å². The second kappa shape index (κ2) is 9.46. The summed E-state index contributed by atoms with van der Waals surface area (Å²) in [7, 11) is 1.62. The van der Waals surface area contributed by atoms with Crippen molar-refractivity contribution in [2.45, 2.75) is 25.6 Å². The molecule has 2 aromatic rings. The first-order valence-corrected chi connectivity index (χ1v) is 10.4. The Labute approximate surface area is 176 Å². The number of ether oxygens (including phenoxy) is 1. The quantitative estimate of drug-likeness (QED) is 0.642. The first kappa shape index (κ1) is 22.1. The Bertz CT molecular complexity index is 874. The van der Waals surface area contributed by atoms with Gasteiger partial charge in [-0.05, 0) is 47.4 Å². The van der Waals surface area contributed by atoms with Crippen molar-refractivity contribution in [1.29, 1.82) is 0 Å². The molecule has 1 aliphatic rings. The second-order valence-corrected chi connectivity index (χ2v) is 7.93. The van der Waals surface area contributed by atoms with Gasteiger partial charge in [-0.2, -0.15) is 24.5 Å². The van der Waals surface area contributed by atoms with Gasteiger partial charge in [-0.25, -0.2) is 4.98 Å². The Morgan fingerprint density at radius 3 is 2.87 bits per heavy atom. The molecule has 0 saturated carbocycles. The van der Waals surface area contributed by atoms with E-state index in [1.54, 1.807) is 7.05 Å². The van der Waals surface area contributed by atoms with Crippen molar-refractivity contribution in [3.8, 4) is 0 Å². The van der Waals surface area contributed by atoms with E-state index in [0.717, 1.165) is 11.6 Å². The van der Waals surface area contributed by atoms with Crippen LogP contribution >= 0.6 is 11.3 Å². The van der Waals surface area contributed by atoms with Gasteiger partial charge in [0.1, 0.15) is 5.82 Å². The van der Waals surface area contributed by atoms with E-state index in [1.165, 1.54) is 33.4 Å². The Kier molecular flexibility index (Phi) is 6.96. The summed E-state index contributed by atoms with van der Waals surface area (Å²) in [6.07, 6.45) is -2.22. The van der Waals surface area contributed by atoms with Crippen molar-refractivity contribution < 1.29 is 27.5 Å². The molecule has 2 aromatic heterocycles. The summed E-state index contributed by atoms with van der Waals surface area (Å²) in [5.41, 5.74) is 0.158. The number of hydrogen-bond donors (Lipinski definition) is 0. The fraction of sp³-hybridized carbons (Fsp3) is 0.450. The highest BCUT2D eigenvalue weighted by Crippen LogP contribution is 2.36. The van der Waals surface area contributed by atoms with Crippen LogP contribution < -0.4 is 4.90 Å². The number of carbonyl (C=O) groups excluding carboxylic acids is 2. The van der Waals surface area contributed by atoms with E-state index in [0.29, 0.717) is 25.9 Å². The minimum absolute atomic E-state index is 0.0673. The van der Waals surface area contributed by atoms with Crippen molar-refractivity contribution in [3.05, 3.63) is 46.3 Å². The van der Waals surface area contributed by atoms with Gasteiger partial charge in [0, 0.05) is 32.9 Å². The van der Waals surface area contributed by atoms with Gasteiger partial charge in [-0.1, -0.05) is 0 Å². The van der Waals surface area contributed by atoms with Crippen LogP contribution in [0.3, 0.4) is 0 Å². The number of nitrogens with zero attached hydrogens (tertiary/aromatic N) is 3. The highest BCUT2D eigenvalue weighted by Gasteiger charge is 2.37. The summed E-state index contributed by atoms with van der Waals surface area (Å²) in [6.45, 7) is 0.453. The maximum absolute atomic E-state index is 13.3. The number of likely N-dealkylation sites (N-methyl/N-ethyl adjacent to an activating group) is 1.